The van der Waals surface area contributed by atoms with E-state index in [2.05, 4.69) is 37.3 Å². The van der Waals surface area contributed by atoms with E-state index in [-0.39, 0.29) is 6.42 Å². The molecular weight excluding hydrogens is 527 g/mol. The third-order valence-electron chi connectivity index (χ3n) is 4.23. The van der Waals surface area contributed by atoms with Crippen molar-refractivity contribution in [1.82, 2.24) is 0 Å². The van der Waals surface area contributed by atoms with Gasteiger partial charge in [-0.3, -0.25) is 0 Å². The molecule has 0 spiro atoms. The van der Waals surface area contributed by atoms with Crippen LogP contribution in [-0.2, 0) is 35.5 Å². The highest BCUT2D eigenvalue weighted by Gasteiger charge is 2.15. The summed E-state index contributed by atoms with van der Waals surface area (Å²) in [6.07, 6.45) is 8.40. The van der Waals surface area contributed by atoms with Crippen LogP contribution in [0.4, 0.5) is 0 Å². The summed E-state index contributed by atoms with van der Waals surface area (Å²) < 4.78 is 0.987. The van der Waals surface area contributed by atoms with Gasteiger partial charge in [-0.05, 0) is 59.9 Å². The maximum Gasteiger partial charge on any atom is 0.382 e. The summed E-state index contributed by atoms with van der Waals surface area (Å²) in [6, 6.07) is 7.43. The molecule has 0 saturated carbocycles. The molecule has 32 heavy (non-hydrogen) atoms. The molecule has 0 aromatic heterocycles. The minimum Gasteiger partial charge on any atom is -0.301 e. The zero-order valence-corrected chi connectivity index (χ0v) is 21.3. The van der Waals surface area contributed by atoms with Gasteiger partial charge < -0.3 is 4.89 Å². The maximum absolute atomic E-state index is 11.7. The molecule has 7 nitrogen and oxygen atoms in total. The average Bonchev–Trinajstić information content (AvgIpc) is 2.80. The minimum absolute atomic E-state index is 0.107. The summed E-state index contributed by atoms with van der Waals surface area (Å²) in [4.78, 5) is 46.9. The van der Waals surface area contributed by atoms with Crippen molar-refractivity contribution in [3.63, 3.8) is 0 Å². The fourth-order valence-electron chi connectivity index (χ4n) is 2.39. The highest BCUT2D eigenvalue weighted by Crippen LogP contribution is 2.12. The van der Waals surface area contributed by atoms with Gasteiger partial charge in [-0.15, -0.1) is 0 Å². The molecule has 0 aliphatic heterocycles. The third kappa shape index (κ3) is 12.6. The topological polar surface area (TPSA) is 99.1 Å². The van der Waals surface area contributed by atoms with Crippen molar-refractivity contribution < 1.29 is 34.3 Å². The number of carbonyl (C=O) groups is 3. The number of hydrogen-bond donors (Lipinski definition) is 1. The number of carbonyl (C=O) groups excluding carboxylic acids is 3. The Hall–Kier alpha value is -2.20. The molecule has 1 N–H and O–H groups in total. The van der Waals surface area contributed by atoms with Gasteiger partial charge in [0.15, 0.2) is 0 Å². The first-order valence-electron chi connectivity index (χ1n) is 10.7. The summed E-state index contributed by atoms with van der Waals surface area (Å²) in [6.45, 7) is 7.79. The zero-order valence-electron chi connectivity index (χ0n) is 19.2. The molecule has 0 unspecified atom stereocenters. The Morgan fingerprint density at radius 1 is 0.875 bits per heavy atom. The van der Waals surface area contributed by atoms with Gasteiger partial charge in [0.1, 0.15) is 0 Å². The van der Waals surface area contributed by atoms with Crippen LogP contribution in [0, 0.1) is 3.57 Å². The highest BCUT2D eigenvalue weighted by molar-refractivity contribution is 14.1. The molecule has 1 aromatic carbocycles. The molecule has 0 bridgehead atoms. The Morgan fingerprint density at radius 2 is 1.34 bits per heavy atom. The lowest BCUT2D eigenvalue weighted by molar-refractivity contribution is -0.252. The van der Waals surface area contributed by atoms with Crippen LogP contribution in [0.5, 0.6) is 0 Å². The number of unbranched alkanes of at least 4 members (excludes halogenated alkanes) is 2. The largest absolute Gasteiger partial charge is 0.382 e. The van der Waals surface area contributed by atoms with E-state index in [0.29, 0.717) is 24.0 Å². The van der Waals surface area contributed by atoms with Gasteiger partial charge in [-0.1, -0.05) is 70.9 Å². The van der Waals surface area contributed by atoms with Gasteiger partial charge >= 0.3 is 17.9 Å². The molecule has 1 aromatic rings. The first-order valence-corrected chi connectivity index (χ1v) is 11.8. The second kappa shape index (κ2) is 18.4. The van der Waals surface area contributed by atoms with Crippen LogP contribution in [0.25, 0.3) is 0 Å². The van der Waals surface area contributed by atoms with Crippen molar-refractivity contribution in [2.45, 2.75) is 72.6 Å². The van der Waals surface area contributed by atoms with E-state index in [9.17, 15) is 14.4 Å². The van der Waals surface area contributed by atoms with E-state index in [1.54, 1.807) is 0 Å². The van der Waals surface area contributed by atoms with E-state index in [0.717, 1.165) is 34.8 Å². The lowest BCUT2D eigenvalue weighted by atomic mass is 10.1. The van der Waals surface area contributed by atoms with E-state index < -0.39 is 17.9 Å². The van der Waals surface area contributed by atoms with E-state index >= 15 is 0 Å². The minimum atomic E-state index is -0.640. The Morgan fingerprint density at radius 3 is 1.72 bits per heavy atom. The molecule has 0 aliphatic rings. The SMILES string of the molecule is CCCC=C(CC)C(=O)OOC(=O)C(=CCCC)CC.O=C(Cc1ccccc1I)OO. The number of benzene rings is 1. The molecule has 1 rings (SSSR count). The molecular formula is C24H33IO7. The lowest BCUT2D eigenvalue weighted by Crippen LogP contribution is -2.14. The zero-order chi connectivity index (χ0) is 24.4. The van der Waals surface area contributed by atoms with Crippen molar-refractivity contribution in [3.05, 3.63) is 56.7 Å². The number of hydrogen-bond acceptors (Lipinski definition) is 7. The van der Waals surface area contributed by atoms with Gasteiger partial charge in [-0.2, -0.15) is 5.26 Å². The summed E-state index contributed by atoms with van der Waals surface area (Å²) in [5.41, 5.74) is 1.93. The Bertz CT molecular complexity index is 748. The number of allylic oxidation sites excluding steroid dienone is 2. The van der Waals surface area contributed by atoms with Crippen LogP contribution in [0.2, 0.25) is 0 Å². The smallest absolute Gasteiger partial charge is 0.301 e. The molecule has 8 heteroatoms. The molecule has 0 aliphatic carbocycles. The Balaban J connectivity index is 0.000000677. The van der Waals surface area contributed by atoms with Crippen LogP contribution in [0.3, 0.4) is 0 Å². The van der Waals surface area contributed by atoms with Crippen LogP contribution < -0.4 is 0 Å². The second-order valence-electron chi connectivity index (χ2n) is 6.72. The highest BCUT2D eigenvalue weighted by atomic mass is 127. The number of halogens is 1. The predicted octanol–water partition coefficient (Wildman–Crippen LogP) is 6.11. The van der Waals surface area contributed by atoms with Crippen LogP contribution in [0.1, 0.15) is 71.8 Å². The second-order valence-corrected chi connectivity index (χ2v) is 7.88. The first-order chi connectivity index (χ1) is 15.3. The molecule has 0 atom stereocenters. The average molecular weight is 560 g/mol. The summed E-state index contributed by atoms with van der Waals surface area (Å²) in [7, 11) is 0. The van der Waals surface area contributed by atoms with Gasteiger partial charge in [-0.25, -0.2) is 24.2 Å². The predicted molar refractivity (Wildman–Crippen MR) is 130 cm³/mol. The van der Waals surface area contributed by atoms with E-state index in [1.165, 1.54) is 0 Å². The lowest BCUT2D eigenvalue weighted by Gasteiger charge is -2.06. The molecule has 178 valence electrons. The molecule has 0 saturated heterocycles. The summed E-state index contributed by atoms with van der Waals surface area (Å²) in [5.74, 6) is -1.81. The van der Waals surface area contributed by atoms with Crippen molar-refractivity contribution in [2.24, 2.45) is 0 Å². The normalized spacial score (nSPS) is 11.2. The Labute approximate surface area is 203 Å². The molecule has 0 heterocycles. The fraction of sp³-hybridized carbons (Fsp3) is 0.458. The monoisotopic (exact) mass is 560 g/mol. The Kier molecular flexibility index (Phi) is 17.1. The fourth-order valence-corrected chi connectivity index (χ4v) is 2.97. The summed E-state index contributed by atoms with van der Waals surface area (Å²) in [5, 5.41) is 8.03. The van der Waals surface area contributed by atoms with Crippen LogP contribution in [0.15, 0.2) is 47.6 Å². The van der Waals surface area contributed by atoms with Crippen molar-refractivity contribution >= 4 is 40.5 Å². The van der Waals surface area contributed by atoms with Gasteiger partial charge in [0.25, 0.3) is 0 Å². The van der Waals surface area contributed by atoms with Gasteiger partial charge in [0.2, 0.25) is 0 Å². The molecule has 0 amide bonds. The van der Waals surface area contributed by atoms with Crippen molar-refractivity contribution in [3.8, 4) is 0 Å². The van der Waals surface area contributed by atoms with E-state index in [1.807, 2.05) is 64.1 Å². The first kappa shape index (κ1) is 29.8. The van der Waals surface area contributed by atoms with Gasteiger partial charge in [0, 0.05) is 14.7 Å². The maximum atomic E-state index is 11.7. The van der Waals surface area contributed by atoms with Gasteiger partial charge in [0.05, 0.1) is 6.42 Å². The third-order valence-corrected chi connectivity index (χ3v) is 5.28. The molecule has 0 radical (unpaired) electrons. The standard InChI is InChI=1S/C16H26O4.C8H7IO3/c1-5-9-11-13(7-3)15(17)19-20-16(18)14(8-4)12-10-6-2;9-7-4-2-1-3-6(7)5-8(10)12-11/h11-12H,5-10H2,1-4H3;1-4,11H,5H2. The van der Waals surface area contributed by atoms with Crippen molar-refractivity contribution in [1.29, 1.82) is 0 Å². The van der Waals surface area contributed by atoms with E-state index in [4.69, 9.17) is 5.26 Å². The quantitative estimate of drug-likeness (QED) is 0.160. The van der Waals surface area contributed by atoms with Crippen LogP contribution >= 0.6 is 22.6 Å². The summed E-state index contributed by atoms with van der Waals surface area (Å²) >= 11 is 2.12. The number of rotatable bonds is 10. The van der Waals surface area contributed by atoms with Crippen molar-refractivity contribution in [2.75, 3.05) is 0 Å². The van der Waals surface area contributed by atoms with Crippen LogP contribution in [-0.4, -0.2) is 23.2 Å². The molecule has 0 fully saturated rings.